The Morgan fingerprint density at radius 2 is 2.00 bits per heavy atom. The Morgan fingerprint density at radius 1 is 1.22 bits per heavy atom. The van der Waals surface area contributed by atoms with Crippen molar-refractivity contribution in [2.24, 2.45) is 0 Å². The number of hydrogen-bond donors (Lipinski definition) is 1. The average molecular weight is 378 g/mol. The summed E-state index contributed by atoms with van der Waals surface area (Å²) in [6.45, 7) is 1.74. The summed E-state index contributed by atoms with van der Waals surface area (Å²) >= 11 is 3.38. The van der Waals surface area contributed by atoms with E-state index in [0.717, 1.165) is 22.0 Å². The van der Waals surface area contributed by atoms with E-state index >= 15 is 0 Å². The van der Waals surface area contributed by atoms with Crippen LogP contribution in [0.5, 0.6) is 11.5 Å². The van der Waals surface area contributed by atoms with Gasteiger partial charge in [-0.25, -0.2) is 0 Å². The highest BCUT2D eigenvalue weighted by Crippen LogP contribution is 2.27. The molecule has 0 atom stereocenters. The number of methoxy groups -OCH3 is 1. The lowest BCUT2D eigenvalue weighted by atomic mass is 10.2. The maximum Gasteiger partial charge on any atom is 0.262 e. The van der Waals surface area contributed by atoms with Gasteiger partial charge < -0.3 is 14.8 Å². The lowest BCUT2D eigenvalue weighted by molar-refractivity contribution is -0.118. The van der Waals surface area contributed by atoms with Gasteiger partial charge >= 0.3 is 0 Å². The van der Waals surface area contributed by atoms with E-state index in [1.807, 2.05) is 25.1 Å². The predicted octanol–water partition coefficient (Wildman–Crippen LogP) is 3.60. The Morgan fingerprint density at radius 3 is 2.65 bits per heavy atom. The van der Waals surface area contributed by atoms with Crippen molar-refractivity contribution in [1.29, 1.82) is 0 Å². The molecule has 0 aliphatic heterocycles. The van der Waals surface area contributed by atoms with Crippen LogP contribution in [0.3, 0.4) is 0 Å². The molecule has 0 fully saturated rings. The van der Waals surface area contributed by atoms with Gasteiger partial charge in [0.15, 0.2) is 18.1 Å². The summed E-state index contributed by atoms with van der Waals surface area (Å²) in [6.07, 6.45) is 0.718. The minimum Gasteiger partial charge on any atom is -0.493 e. The molecule has 6 heteroatoms. The molecule has 0 aliphatic carbocycles. The molecule has 0 unspecified atom stereocenters. The van der Waals surface area contributed by atoms with Gasteiger partial charge in [0, 0.05) is 15.7 Å². The molecule has 1 amide bonds. The van der Waals surface area contributed by atoms with Gasteiger partial charge in [-0.15, -0.1) is 0 Å². The summed E-state index contributed by atoms with van der Waals surface area (Å²) < 4.78 is 11.6. The number of ether oxygens (including phenoxy) is 2. The third-order valence-electron chi connectivity index (χ3n) is 3.15. The first-order valence-electron chi connectivity index (χ1n) is 6.85. The van der Waals surface area contributed by atoms with Crippen LogP contribution in [-0.2, 0) is 4.79 Å². The van der Waals surface area contributed by atoms with E-state index in [1.165, 1.54) is 7.11 Å². The van der Waals surface area contributed by atoms with Gasteiger partial charge in [-0.3, -0.25) is 9.59 Å². The highest BCUT2D eigenvalue weighted by molar-refractivity contribution is 9.10. The van der Waals surface area contributed by atoms with E-state index in [1.54, 1.807) is 18.2 Å². The SMILES string of the molecule is COc1cc(C=O)ccc1OCC(=O)Nc1ccc(Br)cc1C. The lowest BCUT2D eigenvalue weighted by Gasteiger charge is -2.12. The van der Waals surface area contributed by atoms with E-state index in [9.17, 15) is 9.59 Å². The molecule has 0 bridgehead atoms. The topological polar surface area (TPSA) is 64.6 Å². The van der Waals surface area contributed by atoms with Gasteiger partial charge in [0.1, 0.15) is 6.29 Å². The van der Waals surface area contributed by atoms with Crippen molar-refractivity contribution >= 4 is 33.8 Å². The number of aldehydes is 1. The lowest BCUT2D eigenvalue weighted by Crippen LogP contribution is -2.20. The standard InChI is InChI=1S/C17H16BrNO4/c1-11-7-13(18)4-5-14(11)19-17(21)10-23-15-6-3-12(9-20)8-16(15)22-2/h3-9H,10H2,1-2H3,(H,19,21). The first kappa shape index (κ1) is 17.0. The number of carbonyl (C=O) groups is 2. The summed E-state index contributed by atoms with van der Waals surface area (Å²) in [7, 11) is 1.47. The minimum atomic E-state index is -0.281. The van der Waals surface area contributed by atoms with Crippen molar-refractivity contribution in [3.05, 3.63) is 52.0 Å². The zero-order valence-electron chi connectivity index (χ0n) is 12.8. The molecule has 0 aliphatic rings. The fourth-order valence-corrected chi connectivity index (χ4v) is 2.45. The van der Waals surface area contributed by atoms with Gasteiger partial charge in [0.25, 0.3) is 5.91 Å². The van der Waals surface area contributed by atoms with Gasteiger partial charge in [-0.1, -0.05) is 15.9 Å². The van der Waals surface area contributed by atoms with Crippen molar-refractivity contribution < 1.29 is 19.1 Å². The van der Waals surface area contributed by atoms with Crippen LogP contribution in [0, 0.1) is 6.92 Å². The highest BCUT2D eigenvalue weighted by atomic mass is 79.9. The first-order chi connectivity index (χ1) is 11.0. The molecule has 0 spiro atoms. The summed E-state index contributed by atoms with van der Waals surface area (Å²) in [6, 6.07) is 10.3. The highest BCUT2D eigenvalue weighted by Gasteiger charge is 2.10. The first-order valence-corrected chi connectivity index (χ1v) is 7.65. The Balaban J connectivity index is 2.00. The van der Waals surface area contributed by atoms with Gasteiger partial charge in [0.05, 0.1) is 7.11 Å². The molecule has 0 heterocycles. The maximum atomic E-state index is 12.0. The van der Waals surface area contributed by atoms with Gasteiger partial charge in [-0.05, 0) is 48.9 Å². The Labute approximate surface area is 142 Å². The molecule has 0 saturated heterocycles. The Bertz CT molecular complexity index is 731. The summed E-state index contributed by atoms with van der Waals surface area (Å²) in [4.78, 5) is 22.7. The number of rotatable bonds is 6. The molecule has 2 aromatic rings. The van der Waals surface area contributed by atoms with Crippen LogP contribution in [0.1, 0.15) is 15.9 Å². The molecule has 1 N–H and O–H groups in total. The molecule has 0 saturated carbocycles. The third kappa shape index (κ3) is 4.56. The number of halogens is 1. The fraction of sp³-hybridized carbons (Fsp3) is 0.176. The average Bonchev–Trinajstić information content (AvgIpc) is 2.55. The smallest absolute Gasteiger partial charge is 0.262 e. The van der Waals surface area contributed by atoms with E-state index in [0.29, 0.717) is 17.1 Å². The van der Waals surface area contributed by atoms with Crippen LogP contribution < -0.4 is 14.8 Å². The van der Waals surface area contributed by atoms with Crippen molar-refractivity contribution in [3.63, 3.8) is 0 Å². The zero-order chi connectivity index (χ0) is 16.8. The fourth-order valence-electron chi connectivity index (χ4n) is 1.97. The van der Waals surface area contributed by atoms with Crippen molar-refractivity contribution in [2.45, 2.75) is 6.92 Å². The zero-order valence-corrected chi connectivity index (χ0v) is 14.3. The molecular weight excluding hydrogens is 362 g/mol. The second-order valence-electron chi connectivity index (χ2n) is 4.82. The second kappa shape index (κ2) is 7.78. The number of benzene rings is 2. The third-order valence-corrected chi connectivity index (χ3v) is 3.64. The Kier molecular flexibility index (Phi) is 5.76. The monoisotopic (exact) mass is 377 g/mol. The van der Waals surface area contributed by atoms with Crippen LogP contribution in [0.4, 0.5) is 5.69 Å². The molecule has 2 rings (SSSR count). The minimum absolute atomic E-state index is 0.160. The Hall–Kier alpha value is -2.34. The number of anilines is 1. The molecule has 2 aromatic carbocycles. The summed E-state index contributed by atoms with van der Waals surface area (Å²) in [5.41, 5.74) is 2.15. The van der Waals surface area contributed by atoms with Crippen molar-refractivity contribution in [1.82, 2.24) is 0 Å². The second-order valence-corrected chi connectivity index (χ2v) is 5.74. The van der Waals surface area contributed by atoms with Crippen LogP contribution in [0.25, 0.3) is 0 Å². The number of amides is 1. The number of nitrogens with one attached hydrogen (secondary N) is 1. The van der Waals surface area contributed by atoms with Gasteiger partial charge in [0.2, 0.25) is 0 Å². The molecule has 5 nitrogen and oxygen atoms in total. The van der Waals surface area contributed by atoms with E-state index in [-0.39, 0.29) is 12.5 Å². The van der Waals surface area contributed by atoms with Crippen LogP contribution in [-0.4, -0.2) is 25.9 Å². The molecule has 23 heavy (non-hydrogen) atoms. The van der Waals surface area contributed by atoms with Crippen LogP contribution >= 0.6 is 15.9 Å². The van der Waals surface area contributed by atoms with E-state index < -0.39 is 0 Å². The van der Waals surface area contributed by atoms with Crippen molar-refractivity contribution in [3.8, 4) is 11.5 Å². The van der Waals surface area contributed by atoms with E-state index in [2.05, 4.69) is 21.2 Å². The molecule has 0 aromatic heterocycles. The maximum absolute atomic E-state index is 12.0. The molecule has 0 radical (unpaired) electrons. The van der Waals surface area contributed by atoms with Crippen molar-refractivity contribution in [2.75, 3.05) is 19.0 Å². The van der Waals surface area contributed by atoms with Crippen LogP contribution in [0.2, 0.25) is 0 Å². The predicted molar refractivity (Wildman–Crippen MR) is 91.4 cm³/mol. The molecule has 120 valence electrons. The molecular formula is C17H16BrNO4. The van der Waals surface area contributed by atoms with Crippen LogP contribution in [0.15, 0.2) is 40.9 Å². The van der Waals surface area contributed by atoms with Gasteiger partial charge in [-0.2, -0.15) is 0 Å². The normalized spacial score (nSPS) is 10.0. The largest absolute Gasteiger partial charge is 0.493 e. The number of carbonyl (C=O) groups excluding carboxylic acids is 2. The summed E-state index contributed by atoms with van der Waals surface area (Å²) in [5.74, 6) is 0.528. The number of aryl methyl sites for hydroxylation is 1. The van der Waals surface area contributed by atoms with E-state index in [4.69, 9.17) is 9.47 Å². The number of hydrogen-bond acceptors (Lipinski definition) is 4. The summed E-state index contributed by atoms with van der Waals surface area (Å²) in [5, 5.41) is 2.79. The quantitative estimate of drug-likeness (QED) is 0.781.